The minimum atomic E-state index is -0.539. The Morgan fingerprint density at radius 3 is 2.50 bits per heavy atom. The molecule has 1 N–H and O–H groups in total. The first-order chi connectivity index (χ1) is 9.61. The van der Waals surface area contributed by atoms with E-state index in [2.05, 4.69) is 11.9 Å². The van der Waals surface area contributed by atoms with Gasteiger partial charge in [0.2, 0.25) is 0 Å². The van der Waals surface area contributed by atoms with Gasteiger partial charge in [-0.2, -0.15) is 0 Å². The lowest BCUT2D eigenvalue weighted by atomic mass is 10.1. The Bertz CT molecular complexity index is 546. The van der Waals surface area contributed by atoms with E-state index in [4.69, 9.17) is 4.74 Å². The van der Waals surface area contributed by atoms with Crippen LogP contribution in [0.1, 0.15) is 36.4 Å². The van der Waals surface area contributed by atoms with Gasteiger partial charge in [-0.05, 0) is 38.0 Å². The quantitative estimate of drug-likeness (QED) is 0.880. The molecule has 1 unspecified atom stereocenters. The van der Waals surface area contributed by atoms with Crippen molar-refractivity contribution >= 4 is 0 Å². The van der Waals surface area contributed by atoms with Crippen LogP contribution >= 0.6 is 0 Å². The number of hydrogen-bond acceptors (Lipinski definition) is 3. The van der Waals surface area contributed by atoms with Gasteiger partial charge in [0.05, 0.1) is 31.3 Å². The van der Waals surface area contributed by atoms with Gasteiger partial charge in [-0.25, -0.2) is 4.98 Å². The topological polar surface area (TPSA) is 47.3 Å². The van der Waals surface area contributed by atoms with E-state index in [1.807, 2.05) is 42.7 Å². The fraction of sp³-hybridized carbons (Fsp3) is 0.438. The van der Waals surface area contributed by atoms with Gasteiger partial charge >= 0.3 is 0 Å². The number of rotatable bonds is 6. The van der Waals surface area contributed by atoms with Gasteiger partial charge in [-0.15, -0.1) is 0 Å². The van der Waals surface area contributed by atoms with Gasteiger partial charge < -0.3 is 14.4 Å². The number of nitrogens with zero attached hydrogens (tertiary/aromatic N) is 2. The van der Waals surface area contributed by atoms with Crippen molar-refractivity contribution in [2.75, 3.05) is 6.61 Å². The van der Waals surface area contributed by atoms with Crippen LogP contribution in [0.15, 0.2) is 30.6 Å². The van der Waals surface area contributed by atoms with Gasteiger partial charge in [0, 0.05) is 5.69 Å². The number of imidazole rings is 1. The predicted octanol–water partition coefficient (Wildman–Crippen LogP) is 3.02. The molecule has 20 heavy (non-hydrogen) atoms. The molecule has 2 rings (SSSR count). The molecule has 1 aromatic carbocycles. The number of benzene rings is 1. The Hall–Kier alpha value is -1.81. The number of aryl methyl sites for hydroxylation is 1. The molecular weight excluding hydrogens is 252 g/mol. The van der Waals surface area contributed by atoms with E-state index in [1.54, 1.807) is 6.33 Å². The zero-order chi connectivity index (χ0) is 14.5. The number of aromatic nitrogens is 2. The zero-order valence-electron chi connectivity index (χ0n) is 12.3. The van der Waals surface area contributed by atoms with Crippen LogP contribution in [0, 0.1) is 13.8 Å². The van der Waals surface area contributed by atoms with Crippen molar-refractivity contribution in [3.63, 3.8) is 0 Å². The Balaban J connectivity index is 2.02. The average molecular weight is 274 g/mol. The first kappa shape index (κ1) is 14.6. The summed E-state index contributed by atoms with van der Waals surface area (Å²) in [7, 11) is 0. The molecule has 1 atom stereocenters. The van der Waals surface area contributed by atoms with Crippen LogP contribution in [0.25, 0.3) is 0 Å². The Morgan fingerprint density at radius 2 is 1.95 bits per heavy atom. The molecule has 4 heteroatoms. The Labute approximate surface area is 120 Å². The first-order valence-electron chi connectivity index (χ1n) is 7.01. The smallest absolute Gasteiger partial charge is 0.119 e. The molecule has 1 heterocycles. The van der Waals surface area contributed by atoms with Crippen molar-refractivity contribution in [2.24, 2.45) is 0 Å². The lowest BCUT2D eigenvalue weighted by Crippen LogP contribution is -2.09. The van der Waals surface area contributed by atoms with E-state index in [0.29, 0.717) is 6.54 Å². The SMILES string of the molecule is CCCOc1ccc(C(O)Cn2cnc(C)c2C)cc1. The lowest BCUT2D eigenvalue weighted by molar-refractivity contribution is 0.155. The second-order valence-electron chi connectivity index (χ2n) is 5.00. The third-order valence-corrected chi connectivity index (χ3v) is 3.45. The maximum absolute atomic E-state index is 10.3. The molecule has 0 radical (unpaired) electrons. The molecule has 0 spiro atoms. The summed E-state index contributed by atoms with van der Waals surface area (Å²) >= 11 is 0. The molecule has 1 aromatic heterocycles. The fourth-order valence-corrected chi connectivity index (χ4v) is 2.03. The Morgan fingerprint density at radius 1 is 1.25 bits per heavy atom. The van der Waals surface area contributed by atoms with Crippen LogP contribution in [-0.2, 0) is 6.54 Å². The molecule has 0 aliphatic heterocycles. The van der Waals surface area contributed by atoms with Crippen molar-refractivity contribution in [1.29, 1.82) is 0 Å². The van der Waals surface area contributed by atoms with Gasteiger partial charge in [0.25, 0.3) is 0 Å². The minimum Gasteiger partial charge on any atom is -0.494 e. The number of aliphatic hydroxyl groups is 1. The van der Waals surface area contributed by atoms with E-state index in [1.165, 1.54) is 0 Å². The third-order valence-electron chi connectivity index (χ3n) is 3.45. The highest BCUT2D eigenvalue weighted by molar-refractivity contribution is 5.28. The monoisotopic (exact) mass is 274 g/mol. The van der Waals surface area contributed by atoms with E-state index in [9.17, 15) is 5.11 Å². The van der Waals surface area contributed by atoms with Crippen molar-refractivity contribution in [3.05, 3.63) is 47.5 Å². The molecule has 4 nitrogen and oxygen atoms in total. The largest absolute Gasteiger partial charge is 0.494 e. The van der Waals surface area contributed by atoms with Crippen molar-refractivity contribution < 1.29 is 9.84 Å². The minimum absolute atomic E-state index is 0.516. The van der Waals surface area contributed by atoms with Gasteiger partial charge in [-0.1, -0.05) is 19.1 Å². The van der Waals surface area contributed by atoms with E-state index in [-0.39, 0.29) is 0 Å². The van der Waals surface area contributed by atoms with Gasteiger partial charge in [0.15, 0.2) is 0 Å². The van der Waals surface area contributed by atoms with Gasteiger partial charge in [-0.3, -0.25) is 0 Å². The summed E-state index contributed by atoms with van der Waals surface area (Å²) in [5, 5.41) is 10.3. The van der Waals surface area contributed by atoms with Crippen LogP contribution < -0.4 is 4.74 Å². The molecular formula is C16H22N2O2. The summed E-state index contributed by atoms with van der Waals surface area (Å²) in [5.41, 5.74) is 2.98. The standard InChI is InChI=1S/C16H22N2O2/c1-4-9-20-15-7-5-14(6-8-15)16(19)10-18-11-17-12(2)13(18)3/h5-8,11,16,19H,4,9-10H2,1-3H3. The molecule has 0 amide bonds. The summed E-state index contributed by atoms with van der Waals surface area (Å²) in [5.74, 6) is 0.845. The number of aliphatic hydroxyl groups excluding tert-OH is 1. The van der Waals surface area contributed by atoms with Crippen LogP contribution in [0.5, 0.6) is 5.75 Å². The van der Waals surface area contributed by atoms with Crippen LogP contribution in [-0.4, -0.2) is 21.3 Å². The molecule has 0 saturated heterocycles. The molecule has 0 aliphatic carbocycles. The van der Waals surface area contributed by atoms with E-state index < -0.39 is 6.10 Å². The fourth-order valence-electron chi connectivity index (χ4n) is 2.03. The number of hydrogen-bond donors (Lipinski definition) is 1. The van der Waals surface area contributed by atoms with Crippen molar-refractivity contribution in [1.82, 2.24) is 9.55 Å². The summed E-state index contributed by atoms with van der Waals surface area (Å²) in [4.78, 5) is 4.24. The van der Waals surface area contributed by atoms with Crippen LogP contribution in [0.2, 0.25) is 0 Å². The molecule has 0 aliphatic rings. The Kier molecular flexibility index (Phi) is 4.79. The highest BCUT2D eigenvalue weighted by atomic mass is 16.5. The molecule has 0 saturated carbocycles. The third kappa shape index (κ3) is 3.39. The lowest BCUT2D eigenvalue weighted by Gasteiger charge is -2.14. The van der Waals surface area contributed by atoms with Crippen molar-refractivity contribution in [2.45, 2.75) is 39.8 Å². The maximum atomic E-state index is 10.3. The second kappa shape index (κ2) is 6.57. The van der Waals surface area contributed by atoms with Crippen LogP contribution in [0.4, 0.5) is 0 Å². The summed E-state index contributed by atoms with van der Waals surface area (Å²) in [6.07, 6.45) is 2.22. The predicted molar refractivity (Wildman–Crippen MR) is 78.9 cm³/mol. The average Bonchev–Trinajstić information content (AvgIpc) is 2.77. The highest BCUT2D eigenvalue weighted by Gasteiger charge is 2.11. The maximum Gasteiger partial charge on any atom is 0.119 e. The summed E-state index contributed by atoms with van der Waals surface area (Å²) in [6, 6.07) is 7.63. The first-order valence-corrected chi connectivity index (χ1v) is 7.01. The van der Waals surface area contributed by atoms with E-state index >= 15 is 0 Å². The zero-order valence-corrected chi connectivity index (χ0v) is 12.3. The van der Waals surface area contributed by atoms with Crippen molar-refractivity contribution in [3.8, 4) is 5.75 Å². The normalized spacial score (nSPS) is 12.4. The summed E-state index contributed by atoms with van der Waals surface area (Å²) < 4.78 is 7.51. The highest BCUT2D eigenvalue weighted by Crippen LogP contribution is 2.20. The molecule has 2 aromatic rings. The molecule has 0 fully saturated rings. The van der Waals surface area contributed by atoms with E-state index in [0.717, 1.165) is 35.7 Å². The molecule has 108 valence electrons. The molecule has 0 bridgehead atoms. The van der Waals surface area contributed by atoms with Crippen LogP contribution in [0.3, 0.4) is 0 Å². The second-order valence-corrected chi connectivity index (χ2v) is 5.00. The number of ether oxygens (including phenoxy) is 1. The van der Waals surface area contributed by atoms with Gasteiger partial charge in [0.1, 0.15) is 5.75 Å². The summed E-state index contributed by atoms with van der Waals surface area (Å²) in [6.45, 7) is 7.29.